The third-order valence-electron chi connectivity index (χ3n) is 3.18. The van der Waals surface area contributed by atoms with Crippen LogP contribution >= 0.6 is 7.92 Å². The topological polar surface area (TPSA) is 12.9 Å². The summed E-state index contributed by atoms with van der Waals surface area (Å²) in [5.41, 5.74) is 0.358. The predicted octanol–water partition coefficient (Wildman–Crippen LogP) is 3.40. The summed E-state index contributed by atoms with van der Waals surface area (Å²) in [5.74, 6) is -2.68. The van der Waals surface area contributed by atoms with E-state index < -0.39 is 31.2 Å². The first kappa shape index (κ1) is 15.6. The molecular weight excluding hydrogens is 325 g/mol. The van der Waals surface area contributed by atoms with Gasteiger partial charge in [-0.2, -0.15) is 0 Å². The van der Waals surface area contributed by atoms with Crippen molar-refractivity contribution in [1.82, 2.24) is 4.98 Å². The van der Waals surface area contributed by atoms with Gasteiger partial charge in [-0.15, -0.1) is 0 Å². The highest BCUT2D eigenvalue weighted by Gasteiger charge is 2.25. The molecule has 1 nitrogen and oxygen atoms in total. The Morgan fingerprint density at radius 1 is 0.696 bits per heavy atom. The molecule has 0 aliphatic carbocycles. The molecule has 0 atom stereocenters. The molecule has 1 heterocycles. The van der Waals surface area contributed by atoms with Crippen molar-refractivity contribution < 1.29 is 17.6 Å². The molecule has 0 aliphatic rings. The first-order valence-electron chi connectivity index (χ1n) is 6.67. The fourth-order valence-corrected chi connectivity index (χ4v) is 4.43. The van der Waals surface area contributed by atoms with E-state index in [4.69, 9.17) is 0 Å². The lowest BCUT2D eigenvalue weighted by atomic mass is 10.3. The number of rotatable bonds is 3. The summed E-state index contributed by atoms with van der Waals surface area (Å²) in [6.07, 6.45) is 1.47. The molecule has 23 heavy (non-hydrogen) atoms. The van der Waals surface area contributed by atoms with Crippen LogP contribution < -0.4 is 16.0 Å². The number of hydrogen-bond acceptors (Lipinski definition) is 1. The minimum absolute atomic E-state index is 0.0387. The van der Waals surface area contributed by atoms with Gasteiger partial charge in [-0.3, -0.25) is 4.98 Å². The number of halogens is 4. The molecule has 6 heteroatoms. The lowest BCUT2D eigenvalue weighted by Gasteiger charge is -2.19. The van der Waals surface area contributed by atoms with Gasteiger partial charge in [0.1, 0.15) is 23.3 Å². The van der Waals surface area contributed by atoms with Gasteiger partial charge in [-0.1, -0.05) is 6.07 Å². The smallest absolute Gasteiger partial charge is 0.131 e. The molecule has 0 radical (unpaired) electrons. The van der Waals surface area contributed by atoms with E-state index in [2.05, 4.69) is 4.98 Å². The Bertz CT molecular complexity index is 788. The highest BCUT2D eigenvalue weighted by Crippen LogP contribution is 2.34. The number of benzene rings is 2. The molecule has 2 aromatic carbocycles. The molecular formula is C17H10F4NP. The van der Waals surface area contributed by atoms with Crippen molar-refractivity contribution in [3.05, 3.63) is 84.1 Å². The summed E-state index contributed by atoms with van der Waals surface area (Å²) in [6, 6.07) is 10.8. The maximum Gasteiger partial charge on any atom is 0.131 e. The molecule has 0 fully saturated rings. The number of nitrogens with zero attached hydrogens (tertiary/aromatic N) is 1. The highest BCUT2D eigenvalue weighted by atomic mass is 31.1. The van der Waals surface area contributed by atoms with Crippen molar-refractivity contribution in [2.75, 3.05) is 0 Å². The third kappa shape index (κ3) is 3.25. The Morgan fingerprint density at radius 3 is 1.74 bits per heavy atom. The van der Waals surface area contributed by atoms with Gasteiger partial charge in [-0.05, 0) is 48.5 Å². The first-order chi connectivity index (χ1) is 11.1. The van der Waals surface area contributed by atoms with Crippen molar-refractivity contribution in [1.29, 1.82) is 0 Å². The van der Waals surface area contributed by atoms with Crippen molar-refractivity contribution in [2.45, 2.75) is 0 Å². The lowest BCUT2D eigenvalue weighted by molar-refractivity contribution is 0.605. The lowest BCUT2D eigenvalue weighted by Crippen LogP contribution is -2.27. The normalized spacial score (nSPS) is 11.0. The van der Waals surface area contributed by atoms with E-state index in [0.29, 0.717) is 5.44 Å². The van der Waals surface area contributed by atoms with Gasteiger partial charge in [0.15, 0.2) is 0 Å². The van der Waals surface area contributed by atoms with Crippen LogP contribution in [-0.4, -0.2) is 4.98 Å². The van der Waals surface area contributed by atoms with Crippen LogP contribution in [0.15, 0.2) is 60.8 Å². The maximum absolute atomic E-state index is 14.2. The van der Waals surface area contributed by atoms with Gasteiger partial charge in [0.2, 0.25) is 0 Å². The maximum atomic E-state index is 14.2. The van der Waals surface area contributed by atoms with E-state index in [1.807, 2.05) is 0 Å². The minimum Gasteiger partial charge on any atom is -0.256 e. The van der Waals surface area contributed by atoms with Crippen LogP contribution in [0.3, 0.4) is 0 Å². The van der Waals surface area contributed by atoms with Crippen LogP contribution in [0.5, 0.6) is 0 Å². The number of aromatic nitrogens is 1. The molecule has 3 rings (SSSR count). The Morgan fingerprint density at radius 2 is 1.26 bits per heavy atom. The standard InChI is InChI=1S/C17H10F4NP/c18-11-4-6-13(20)15(9-11)23(17-3-1-2-8-22-17)16-10-12(19)5-7-14(16)21/h1-10H. The summed E-state index contributed by atoms with van der Waals surface area (Å²) in [6.45, 7) is 0. The Hall–Kier alpha value is -2.26. The fourth-order valence-electron chi connectivity index (χ4n) is 2.18. The van der Waals surface area contributed by atoms with Crippen LogP contribution in [0.25, 0.3) is 0 Å². The largest absolute Gasteiger partial charge is 0.256 e. The van der Waals surface area contributed by atoms with Crippen LogP contribution in [0, 0.1) is 23.3 Å². The molecule has 0 spiro atoms. The average Bonchev–Trinajstić information content (AvgIpc) is 2.55. The van der Waals surface area contributed by atoms with Crippen LogP contribution in [-0.2, 0) is 0 Å². The van der Waals surface area contributed by atoms with Crippen molar-refractivity contribution in [3.8, 4) is 0 Å². The second-order valence-electron chi connectivity index (χ2n) is 4.71. The Labute approximate surface area is 131 Å². The summed E-state index contributed by atoms with van der Waals surface area (Å²) in [4.78, 5) is 4.12. The summed E-state index contributed by atoms with van der Waals surface area (Å²) in [7, 11) is -1.86. The van der Waals surface area contributed by atoms with Crippen LogP contribution in [0.4, 0.5) is 17.6 Å². The molecule has 0 unspecified atom stereocenters. The van der Waals surface area contributed by atoms with Gasteiger partial charge in [-0.25, -0.2) is 17.6 Å². The summed E-state index contributed by atoms with van der Waals surface area (Å²) in [5, 5.41) is -0.0774. The molecule has 0 saturated carbocycles. The third-order valence-corrected chi connectivity index (χ3v) is 5.55. The van der Waals surface area contributed by atoms with Gasteiger partial charge in [0.25, 0.3) is 0 Å². The molecule has 0 saturated heterocycles. The summed E-state index contributed by atoms with van der Waals surface area (Å²) < 4.78 is 55.6. The zero-order chi connectivity index (χ0) is 16.4. The Balaban J connectivity index is 2.27. The monoisotopic (exact) mass is 335 g/mol. The second-order valence-corrected chi connectivity index (χ2v) is 6.81. The van der Waals surface area contributed by atoms with Gasteiger partial charge in [0.05, 0.1) is 5.44 Å². The number of pyridine rings is 1. The molecule has 116 valence electrons. The SMILES string of the molecule is Fc1ccc(F)c(P(c2ccccn2)c2cc(F)ccc2F)c1. The number of hydrogen-bond donors (Lipinski definition) is 0. The molecule has 0 bridgehead atoms. The van der Waals surface area contributed by atoms with E-state index in [9.17, 15) is 17.6 Å². The predicted molar refractivity (Wildman–Crippen MR) is 82.8 cm³/mol. The van der Waals surface area contributed by atoms with Gasteiger partial charge < -0.3 is 0 Å². The average molecular weight is 335 g/mol. The molecule has 0 N–H and O–H groups in total. The fraction of sp³-hybridized carbons (Fsp3) is 0. The van der Waals surface area contributed by atoms with Gasteiger partial charge >= 0.3 is 0 Å². The molecule has 0 aliphatic heterocycles. The van der Waals surface area contributed by atoms with E-state index in [1.165, 1.54) is 6.20 Å². The van der Waals surface area contributed by atoms with Crippen LogP contribution in [0.1, 0.15) is 0 Å². The van der Waals surface area contributed by atoms with Crippen molar-refractivity contribution >= 4 is 24.0 Å². The summed E-state index contributed by atoms with van der Waals surface area (Å²) >= 11 is 0. The first-order valence-corrected chi connectivity index (χ1v) is 8.01. The van der Waals surface area contributed by atoms with Crippen molar-refractivity contribution in [3.63, 3.8) is 0 Å². The van der Waals surface area contributed by atoms with Crippen molar-refractivity contribution in [2.24, 2.45) is 0 Å². The highest BCUT2D eigenvalue weighted by molar-refractivity contribution is 7.79. The van der Waals surface area contributed by atoms with Crippen LogP contribution in [0.2, 0.25) is 0 Å². The van der Waals surface area contributed by atoms with E-state index in [0.717, 1.165) is 36.4 Å². The second kappa shape index (κ2) is 6.47. The molecule has 0 amide bonds. The quantitative estimate of drug-likeness (QED) is 0.528. The Kier molecular flexibility index (Phi) is 4.39. The van der Waals surface area contributed by atoms with E-state index >= 15 is 0 Å². The molecule has 3 aromatic rings. The van der Waals surface area contributed by atoms with E-state index in [1.54, 1.807) is 18.2 Å². The zero-order valence-corrected chi connectivity index (χ0v) is 12.6. The van der Waals surface area contributed by atoms with E-state index in [-0.39, 0.29) is 10.6 Å². The molecule has 1 aromatic heterocycles. The zero-order valence-electron chi connectivity index (χ0n) is 11.7. The minimum atomic E-state index is -1.86. The van der Waals surface area contributed by atoms with Gasteiger partial charge in [0, 0.05) is 24.7 Å².